The molecule has 0 aliphatic carbocycles. The quantitative estimate of drug-likeness (QED) is 0.787. The summed E-state index contributed by atoms with van der Waals surface area (Å²) in [6, 6.07) is 5.02. The predicted molar refractivity (Wildman–Crippen MR) is 40.4 cm³/mol. The van der Waals surface area contributed by atoms with Crippen LogP contribution in [0.3, 0.4) is 0 Å². The molecule has 0 atom stereocenters. The second-order valence-corrected chi connectivity index (χ2v) is 2.19. The van der Waals surface area contributed by atoms with Crippen LogP contribution in [0.2, 0.25) is 0 Å². The fraction of sp³-hybridized carbons (Fsp3) is 0. The van der Waals surface area contributed by atoms with E-state index in [1.54, 1.807) is 0 Å². The Kier molecular flexibility index (Phi) is 4.55. The molecule has 0 aliphatic rings. The summed E-state index contributed by atoms with van der Waals surface area (Å²) in [5.41, 5.74) is 0.167. The Balaban J connectivity index is 0.00000144. The van der Waals surface area contributed by atoms with Gasteiger partial charge in [0.15, 0.2) is 0 Å². The van der Waals surface area contributed by atoms with Crippen molar-refractivity contribution in [1.29, 1.82) is 0 Å². The number of benzene rings is 1. The van der Waals surface area contributed by atoms with Crippen LogP contribution in [0.25, 0.3) is 0 Å². The van der Waals surface area contributed by atoms with E-state index in [0.717, 1.165) is 0 Å². The van der Waals surface area contributed by atoms with E-state index in [0.29, 0.717) is 0 Å². The molecule has 0 heterocycles. The second kappa shape index (κ2) is 4.91. The Labute approximate surface area is 93.0 Å². The number of hydrogen-bond donors (Lipinski definition) is 2. The largest absolute Gasteiger partial charge is 0.478 e. The first-order valence-corrected chi connectivity index (χ1v) is 3.18. The van der Waals surface area contributed by atoms with Crippen molar-refractivity contribution >= 4 is 11.9 Å². The van der Waals surface area contributed by atoms with Crippen LogP contribution in [0.15, 0.2) is 24.3 Å². The third-order valence-electron chi connectivity index (χ3n) is 1.38. The molecule has 13 heavy (non-hydrogen) atoms. The van der Waals surface area contributed by atoms with Gasteiger partial charge < -0.3 is 10.2 Å². The Bertz CT molecular complexity index is 284. The molecule has 0 aliphatic heterocycles. The predicted octanol–water partition coefficient (Wildman–Crippen LogP) is 1.08. The van der Waals surface area contributed by atoms with Crippen LogP contribution in [-0.4, -0.2) is 22.2 Å². The van der Waals surface area contributed by atoms with Gasteiger partial charge in [-0.05, 0) is 24.3 Å². The molecule has 0 fully saturated rings. The van der Waals surface area contributed by atoms with Crippen molar-refractivity contribution in [2.45, 2.75) is 0 Å². The molecule has 5 heteroatoms. The van der Waals surface area contributed by atoms with E-state index in [9.17, 15) is 9.59 Å². The van der Waals surface area contributed by atoms with Gasteiger partial charge in [0, 0.05) is 25.8 Å². The van der Waals surface area contributed by atoms with Gasteiger partial charge in [0.1, 0.15) is 0 Å². The first kappa shape index (κ1) is 12.0. The molecule has 0 saturated carbocycles. The van der Waals surface area contributed by atoms with Crippen LogP contribution in [-0.2, 0) is 25.8 Å². The van der Waals surface area contributed by atoms with Crippen molar-refractivity contribution < 1.29 is 45.6 Å². The summed E-state index contributed by atoms with van der Waals surface area (Å²) in [7, 11) is 0. The number of aromatic carboxylic acids is 2. The molecule has 1 aromatic carbocycles. The molecule has 0 aromatic heterocycles. The monoisotopic (exact) mass is 346 g/mol. The van der Waals surface area contributed by atoms with E-state index in [1.165, 1.54) is 24.3 Å². The molecule has 1 rings (SSSR count). The van der Waals surface area contributed by atoms with Crippen molar-refractivity contribution in [3.05, 3.63) is 35.4 Å². The minimum atomic E-state index is -1.06. The maximum atomic E-state index is 10.3. The summed E-state index contributed by atoms with van der Waals surface area (Å²) >= 11 is 0. The summed E-state index contributed by atoms with van der Waals surface area (Å²) in [5, 5.41) is 16.9. The van der Waals surface area contributed by atoms with Crippen LogP contribution in [0.5, 0.6) is 0 Å². The molecular formula is C8H6HfO4. The maximum absolute atomic E-state index is 10.3. The van der Waals surface area contributed by atoms with E-state index < -0.39 is 11.9 Å². The van der Waals surface area contributed by atoms with E-state index >= 15 is 0 Å². The van der Waals surface area contributed by atoms with Crippen molar-refractivity contribution in [3.63, 3.8) is 0 Å². The molecule has 0 spiro atoms. The fourth-order valence-corrected chi connectivity index (χ4v) is 0.755. The molecule has 1 aromatic rings. The molecule has 0 saturated heterocycles. The molecule has 2 N–H and O–H groups in total. The molecule has 0 bridgehead atoms. The number of carboxylic acid groups (broad SMARTS) is 2. The Hall–Kier alpha value is -0.970. The molecule has 0 radical (unpaired) electrons. The Morgan fingerprint density at radius 3 is 1.23 bits per heavy atom. The zero-order valence-corrected chi connectivity index (χ0v) is 10.1. The van der Waals surface area contributed by atoms with E-state index in [-0.39, 0.29) is 37.0 Å². The maximum Gasteiger partial charge on any atom is 0.335 e. The van der Waals surface area contributed by atoms with Crippen LogP contribution in [0.1, 0.15) is 20.7 Å². The van der Waals surface area contributed by atoms with Gasteiger partial charge in [0.05, 0.1) is 11.1 Å². The summed E-state index contributed by atoms with van der Waals surface area (Å²) < 4.78 is 0. The van der Waals surface area contributed by atoms with Gasteiger partial charge in [-0.15, -0.1) is 0 Å². The summed E-state index contributed by atoms with van der Waals surface area (Å²) in [4.78, 5) is 20.7. The van der Waals surface area contributed by atoms with Gasteiger partial charge in [-0.1, -0.05) is 0 Å². The van der Waals surface area contributed by atoms with Gasteiger partial charge in [-0.2, -0.15) is 0 Å². The average molecular weight is 345 g/mol. The zero-order chi connectivity index (χ0) is 9.14. The van der Waals surface area contributed by atoms with Crippen LogP contribution in [0.4, 0.5) is 0 Å². The summed E-state index contributed by atoms with van der Waals surface area (Å²) in [6.07, 6.45) is 0. The van der Waals surface area contributed by atoms with Gasteiger partial charge in [0.25, 0.3) is 0 Å². The second-order valence-electron chi connectivity index (χ2n) is 2.19. The smallest absolute Gasteiger partial charge is 0.335 e. The molecule has 0 unspecified atom stereocenters. The van der Waals surface area contributed by atoms with Crippen LogP contribution in [0, 0.1) is 0 Å². The van der Waals surface area contributed by atoms with E-state index in [1.807, 2.05) is 0 Å². The third kappa shape index (κ3) is 3.10. The van der Waals surface area contributed by atoms with Crippen LogP contribution >= 0.6 is 0 Å². The summed E-state index contributed by atoms with van der Waals surface area (Å²) in [5.74, 6) is -2.13. The van der Waals surface area contributed by atoms with Gasteiger partial charge in [0.2, 0.25) is 0 Å². The van der Waals surface area contributed by atoms with Crippen molar-refractivity contribution in [1.82, 2.24) is 0 Å². The topological polar surface area (TPSA) is 74.6 Å². The van der Waals surface area contributed by atoms with Crippen molar-refractivity contribution in [3.8, 4) is 0 Å². The number of hydrogen-bond acceptors (Lipinski definition) is 2. The van der Waals surface area contributed by atoms with Crippen LogP contribution < -0.4 is 0 Å². The minimum absolute atomic E-state index is 0. The van der Waals surface area contributed by atoms with Crippen molar-refractivity contribution in [2.75, 3.05) is 0 Å². The first-order valence-electron chi connectivity index (χ1n) is 3.18. The van der Waals surface area contributed by atoms with E-state index in [2.05, 4.69) is 0 Å². The SMILES string of the molecule is O=C(O)c1ccc(C(=O)O)cc1.[Hf]. The molecular weight excluding hydrogens is 339 g/mol. The third-order valence-corrected chi connectivity index (χ3v) is 1.38. The first-order chi connectivity index (χ1) is 5.61. The average Bonchev–Trinajstić information content (AvgIpc) is 2.04. The van der Waals surface area contributed by atoms with Gasteiger partial charge in [-0.3, -0.25) is 0 Å². The zero-order valence-electron chi connectivity index (χ0n) is 6.52. The van der Waals surface area contributed by atoms with Gasteiger partial charge >= 0.3 is 11.9 Å². The normalized spacial score (nSPS) is 8.62. The standard InChI is InChI=1S/C8H6O4.Hf/c9-7(10)5-1-2-6(4-3-5)8(11)12;/h1-4H,(H,9,10)(H,11,12);. The number of rotatable bonds is 2. The van der Waals surface area contributed by atoms with E-state index in [4.69, 9.17) is 10.2 Å². The Morgan fingerprint density at radius 2 is 1.08 bits per heavy atom. The molecule has 4 nitrogen and oxygen atoms in total. The van der Waals surface area contributed by atoms with Gasteiger partial charge in [-0.25, -0.2) is 9.59 Å². The minimum Gasteiger partial charge on any atom is -0.478 e. The number of carbonyl (C=O) groups is 2. The fourth-order valence-electron chi connectivity index (χ4n) is 0.755. The Morgan fingerprint density at radius 1 is 0.846 bits per heavy atom. The summed E-state index contributed by atoms with van der Waals surface area (Å²) in [6.45, 7) is 0. The molecule has 66 valence electrons. The molecule has 0 amide bonds. The number of carboxylic acids is 2. The van der Waals surface area contributed by atoms with Crippen molar-refractivity contribution in [2.24, 2.45) is 0 Å².